The maximum atomic E-state index is 12.9. The third-order valence-corrected chi connectivity index (χ3v) is 3.35. The molecule has 102 valence electrons. The molecule has 0 heterocycles. The number of aliphatic hydroxyl groups excluding tert-OH is 1. The van der Waals surface area contributed by atoms with E-state index in [1.165, 1.54) is 12.1 Å². The Balaban J connectivity index is 2.39. The van der Waals surface area contributed by atoms with Crippen molar-refractivity contribution in [3.05, 3.63) is 34.6 Å². The zero-order valence-corrected chi connectivity index (χ0v) is 11.5. The van der Waals surface area contributed by atoms with Gasteiger partial charge in [-0.3, -0.25) is 0 Å². The van der Waals surface area contributed by atoms with Gasteiger partial charge in [0.25, 0.3) is 0 Å². The van der Waals surface area contributed by atoms with Crippen molar-refractivity contribution >= 4 is 11.6 Å². The summed E-state index contributed by atoms with van der Waals surface area (Å²) in [5.74, 6) is 0.173. The zero-order valence-electron chi connectivity index (χ0n) is 10.8. The minimum absolute atomic E-state index is 0.226. The molecule has 0 aliphatic carbocycles. The summed E-state index contributed by atoms with van der Waals surface area (Å²) >= 11 is 5.95. The van der Waals surface area contributed by atoms with Crippen molar-refractivity contribution in [2.45, 2.75) is 32.7 Å². The van der Waals surface area contributed by atoms with E-state index in [4.69, 9.17) is 16.7 Å². The van der Waals surface area contributed by atoms with Gasteiger partial charge >= 0.3 is 0 Å². The van der Waals surface area contributed by atoms with Gasteiger partial charge in [-0.05, 0) is 43.0 Å². The molecule has 1 unspecified atom stereocenters. The molecule has 0 bridgehead atoms. The average molecular weight is 274 g/mol. The van der Waals surface area contributed by atoms with E-state index in [0.29, 0.717) is 17.5 Å². The fourth-order valence-electron chi connectivity index (χ4n) is 2.02. The van der Waals surface area contributed by atoms with E-state index in [9.17, 15) is 4.39 Å². The van der Waals surface area contributed by atoms with Gasteiger partial charge in [0.05, 0.1) is 0 Å². The summed E-state index contributed by atoms with van der Waals surface area (Å²) < 4.78 is 12.9. The van der Waals surface area contributed by atoms with E-state index in [2.05, 4.69) is 12.2 Å². The lowest BCUT2D eigenvalue weighted by Crippen LogP contribution is -2.23. The van der Waals surface area contributed by atoms with E-state index in [1.807, 2.05) is 0 Å². The van der Waals surface area contributed by atoms with Crippen molar-refractivity contribution < 1.29 is 9.50 Å². The lowest BCUT2D eigenvalue weighted by molar-refractivity contribution is 0.248. The van der Waals surface area contributed by atoms with Gasteiger partial charge in [-0.15, -0.1) is 0 Å². The van der Waals surface area contributed by atoms with Crippen LogP contribution in [0.3, 0.4) is 0 Å². The second-order valence-electron chi connectivity index (χ2n) is 4.53. The van der Waals surface area contributed by atoms with Crippen LogP contribution in [0.5, 0.6) is 0 Å². The summed E-state index contributed by atoms with van der Waals surface area (Å²) in [7, 11) is 0. The first kappa shape index (κ1) is 15.4. The molecule has 2 N–H and O–H groups in total. The molecule has 1 aromatic carbocycles. The zero-order chi connectivity index (χ0) is 13.4. The molecule has 1 aromatic rings. The predicted molar refractivity (Wildman–Crippen MR) is 73.2 cm³/mol. The number of hydrogen-bond acceptors (Lipinski definition) is 2. The highest BCUT2D eigenvalue weighted by molar-refractivity contribution is 6.31. The molecular weight excluding hydrogens is 253 g/mol. The Labute approximate surface area is 113 Å². The molecule has 18 heavy (non-hydrogen) atoms. The van der Waals surface area contributed by atoms with Crippen molar-refractivity contribution in [1.82, 2.24) is 5.32 Å². The van der Waals surface area contributed by atoms with Crippen LogP contribution in [0.1, 0.15) is 31.7 Å². The molecule has 2 nitrogen and oxygen atoms in total. The minimum Gasteiger partial charge on any atom is -0.396 e. The number of aliphatic hydroxyl groups is 1. The fourth-order valence-corrected chi connectivity index (χ4v) is 2.25. The Morgan fingerprint density at radius 1 is 1.39 bits per heavy atom. The van der Waals surface area contributed by atoms with Crippen LogP contribution < -0.4 is 5.32 Å². The Bertz CT molecular complexity index is 354. The van der Waals surface area contributed by atoms with Gasteiger partial charge in [0.15, 0.2) is 0 Å². The Hall–Kier alpha value is -0.640. The second kappa shape index (κ2) is 8.46. The fraction of sp³-hybridized carbons (Fsp3) is 0.571. The molecule has 0 spiro atoms. The highest BCUT2D eigenvalue weighted by atomic mass is 35.5. The van der Waals surface area contributed by atoms with Gasteiger partial charge in [-0.1, -0.05) is 31.0 Å². The Morgan fingerprint density at radius 3 is 2.78 bits per heavy atom. The summed E-state index contributed by atoms with van der Waals surface area (Å²) in [6.07, 6.45) is 3.03. The molecule has 0 radical (unpaired) electrons. The Morgan fingerprint density at radius 2 is 2.17 bits per heavy atom. The average Bonchev–Trinajstić information content (AvgIpc) is 2.32. The Kier molecular flexibility index (Phi) is 7.25. The topological polar surface area (TPSA) is 32.3 Å². The molecule has 1 atom stereocenters. The predicted octanol–water partition coefficient (Wildman–Crippen LogP) is 3.37. The number of rotatable bonds is 8. The maximum absolute atomic E-state index is 12.9. The molecule has 0 aromatic heterocycles. The van der Waals surface area contributed by atoms with Crippen molar-refractivity contribution in [2.75, 3.05) is 13.2 Å². The van der Waals surface area contributed by atoms with Crippen molar-refractivity contribution in [3.8, 4) is 0 Å². The standard InChI is InChI=1S/C14H21ClFNO/c1-2-3-11(6-7-18)9-17-10-12-4-5-13(16)8-14(12)15/h4-5,8,11,17-18H,2-3,6-7,9-10H2,1H3. The van der Waals surface area contributed by atoms with Crippen molar-refractivity contribution in [3.63, 3.8) is 0 Å². The van der Waals surface area contributed by atoms with Gasteiger partial charge in [0.2, 0.25) is 0 Å². The highest BCUT2D eigenvalue weighted by Crippen LogP contribution is 2.17. The van der Waals surface area contributed by atoms with Gasteiger partial charge in [-0.2, -0.15) is 0 Å². The molecule has 0 amide bonds. The third kappa shape index (κ3) is 5.34. The molecule has 0 aliphatic heterocycles. The lowest BCUT2D eigenvalue weighted by atomic mass is 10.0. The van der Waals surface area contributed by atoms with Gasteiger partial charge in [-0.25, -0.2) is 4.39 Å². The molecule has 0 aliphatic rings. The third-order valence-electron chi connectivity index (χ3n) is 3.00. The first-order valence-electron chi connectivity index (χ1n) is 6.42. The molecule has 0 fully saturated rings. The molecular formula is C14H21ClFNO. The van der Waals surface area contributed by atoms with Crippen LogP contribution in [0, 0.1) is 11.7 Å². The second-order valence-corrected chi connectivity index (χ2v) is 4.94. The minimum atomic E-state index is -0.312. The largest absolute Gasteiger partial charge is 0.396 e. The smallest absolute Gasteiger partial charge is 0.124 e. The van der Waals surface area contributed by atoms with Crippen molar-refractivity contribution in [2.24, 2.45) is 5.92 Å². The lowest BCUT2D eigenvalue weighted by Gasteiger charge is -2.16. The van der Waals surface area contributed by atoms with Gasteiger partial charge in [0.1, 0.15) is 5.82 Å². The van der Waals surface area contributed by atoms with E-state index in [0.717, 1.165) is 31.4 Å². The van der Waals surface area contributed by atoms with Crippen molar-refractivity contribution in [1.29, 1.82) is 0 Å². The monoisotopic (exact) mass is 273 g/mol. The maximum Gasteiger partial charge on any atom is 0.124 e. The van der Waals surface area contributed by atoms with Crippen LogP contribution in [0.4, 0.5) is 4.39 Å². The van der Waals surface area contributed by atoms with Crippen LogP contribution in [0.15, 0.2) is 18.2 Å². The molecule has 1 rings (SSSR count). The molecule has 4 heteroatoms. The van der Waals surface area contributed by atoms with Gasteiger partial charge in [0, 0.05) is 18.2 Å². The van der Waals surface area contributed by atoms with Crippen LogP contribution in [0.25, 0.3) is 0 Å². The molecule has 0 saturated heterocycles. The first-order chi connectivity index (χ1) is 8.67. The summed E-state index contributed by atoms with van der Waals surface area (Å²) in [5.41, 5.74) is 0.900. The number of hydrogen-bond donors (Lipinski definition) is 2. The summed E-state index contributed by atoms with van der Waals surface area (Å²) in [4.78, 5) is 0. The van der Waals surface area contributed by atoms with E-state index in [1.54, 1.807) is 6.07 Å². The normalized spacial score (nSPS) is 12.7. The van der Waals surface area contributed by atoms with Crippen LogP contribution in [-0.2, 0) is 6.54 Å². The van der Waals surface area contributed by atoms with Crippen LogP contribution in [-0.4, -0.2) is 18.3 Å². The van der Waals surface area contributed by atoms with E-state index in [-0.39, 0.29) is 12.4 Å². The van der Waals surface area contributed by atoms with Crippen LogP contribution >= 0.6 is 11.6 Å². The van der Waals surface area contributed by atoms with E-state index < -0.39 is 0 Å². The summed E-state index contributed by atoms with van der Waals surface area (Å²) in [6.45, 7) is 3.84. The number of benzene rings is 1. The van der Waals surface area contributed by atoms with Gasteiger partial charge < -0.3 is 10.4 Å². The highest BCUT2D eigenvalue weighted by Gasteiger charge is 2.07. The summed E-state index contributed by atoms with van der Waals surface area (Å²) in [5, 5.41) is 12.7. The summed E-state index contributed by atoms with van der Waals surface area (Å²) in [6, 6.07) is 4.45. The van der Waals surface area contributed by atoms with E-state index >= 15 is 0 Å². The van der Waals surface area contributed by atoms with Crippen LogP contribution in [0.2, 0.25) is 5.02 Å². The SMILES string of the molecule is CCCC(CCO)CNCc1ccc(F)cc1Cl. The number of halogens is 2. The quantitative estimate of drug-likeness (QED) is 0.761. The number of nitrogens with one attached hydrogen (secondary N) is 1. The first-order valence-corrected chi connectivity index (χ1v) is 6.80. The molecule has 0 saturated carbocycles.